The van der Waals surface area contributed by atoms with Gasteiger partial charge in [-0.05, 0) is 72.4 Å². The second-order valence-electron chi connectivity index (χ2n) is 10.7. The summed E-state index contributed by atoms with van der Waals surface area (Å²) in [6.07, 6.45) is 4.47. The first kappa shape index (κ1) is 22.3. The number of aliphatic hydroxyl groups excluding tert-OH is 1. The molecule has 2 aliphatic rings. The summed E-state index contributed by atoms with van der Waals surface area (Å²) in [4.78, 5) is 9.99. The predicted octanol–water partition coefficient (Wildman–Crippen LogP) is 4.99. The monoisotopic (exact) mass is 421 g/mol. The lowest BCUT2D eigenvalue weighted by atomic mass is 9.63. The minimum Gasteiger partial charge on any atom is -0.396 e. The first-order valence-corrected chi connectivity index (χ1v) is 12.0. The molecule has 4 nitrogen and oxygen atoms in total. The Morgan fingerprint density at radius 2 is 1.68 bits per heavy atom. The molecule has 1 aliphatic heterocycles. The molecular weight excluding hydrogens is 382 g/mol. The highest BCUT2D eigenvalue weighted by Crippen LogP contribution is 2.46. The number of rotatable bonds is 5. The van der Waals surface area contributed by atoms with Gasteiger partial charge in [-0.2, -0.15) is 0 Å². The van der Waals surface area contributed by atoms with Crippen molar-refractivity contribution in [2.24, 2.45) is 0 Å². The predicted molar refractivity (Wildman–Crippen MR) is 130 cm³/mol. The summed E-state index contributed by atoms with van der Waals surface area (Å²) < 4.78 is 0. The molecule has 0 spiro atoms. The molecule has 0 bridgehead atoms. The molecule has 1 fully saturated rings. The Kier molecular flexibility index (Phi) is 6.41. The van der Waals surface area contributed by atoms with Crippen LogP contribution in [0.15, 0.2) is 36.4 Å². The Labute approximate surface area is 188 Å². The van der Waals surface area contributed by atoms with Crippen LogP contribution in [0.4, 0.5) is 5.82 Å². The van der Waals surface area contributed by atoms with Gasteiger partial charge in [0, 0.05) is 38.3 Å². The zero-order chi connectivity index (χ0) is 22.1. The van der Waals surface area contributed by atoms with E-state index in [2.05, 4.69) is 73.9 Å². The summed E-state index contributed by atoms with van der Waals surface area (Å²) in [7, 11) is 0. The van der Waals surface area contributed by atoms with Crippen molar-refractivity contribution in [2.45, 2.75) is 64.2 Å². The van der Waals surface area contributed by atoms with Crippen LogP contribution in [0.3, 0.4) is 0 Å². The Balaban J connectivity index is 1.58. The third kappa shape index (κ3) is 4.80. The number of hydrogen-bond donors (Lipinski definition) is 1. The van der Waals surface area contributed by atoms with Crippen LogP contribution >= 0.6 is 0 Å². The summed E-state index contributed by atoms with van der Waals surface area (Å²) in [5, 5.41) is 9.12. The average Bonchev–Trinajstić information content (AvgIpc) is 3.01. The highest BCUT2D eigenvalue weighted by Gasteiger charge is 2.37. The number of anilines is 1. The van der Waals surface area contributed by atoms with E-state index in [1.54, 1.807) is 0 Å². The molecule has 0 unspecified atom stereocenters. The second kappa shape index (κ2) is 8.91. The molecule has 0 amide bonds. The van der Waals surface area contributed by atoms with Crippen LogP contribution in [0.1, 0.15) is 64.5 Å². The quantitative estimate of drug-likeness (QED) is 0.738. The van der Waals surface area contributed by atoms with Crippen LogP contribution in [-0.4, -0.2) is 54.3 Å². The van der Waals surface area contributed by atoms with Crippen molar-refractivity contribution in [2.75, 3.05) is 44.2 Å². The normalized spacial score (nSPS) is 20.9. The molecule has 0 radical (unpaired) electrons. The number of aromatic nitrogens is 1. The largest absolute Gasteiger partial charge is 0.396 e. The van der Waals surface area contributed by atoms with Gasteiger partial charge in [-0.1, -0.05) is 45.9 Å². The van der Waals surface area contributed by atoms with Crippen LogP contribution < -0.4 is 4.90 Å². The summed E-state index contributed by atoms with van der Waals surface area (Å²) >= 11 is 0. The molecule has 31 heavy (non-hydrogen) atoms. The maximum atomic E-state index is 9.12. The van der Waals surface area contributed by atoms with Crippen LogP contribution in [0, 0.1) is 0 Å². The van der Waals surface area contributed by atoms with Gasteiger partial charge in [0.25, 0.3) is 0 Å². The number of pyridine rings is 1. The van der Waals surface area contributed by atoms with Crippen LogP contribution in [0.2, 0.25) is 0 Å². The summed E-state index contributed by atoms with van der Waals surface area (Å²) in [5.41, 5.74) is 5.74. The summed E-state index contributed by atoms with van der Waals surface area (Å²) in [6, 6.07) is 13.5. The molecule has 168 valence electrons. The van der Waals surface area contributed by atoms with Gasteiger partial charge in [-0.25, -0.2) is 4.98 Å². The average molecular weight is 422 g/mol. The van der Waals surface area contributed by atoms with E-state index in [0.717, 1.165) is 57.1 Å². The summed E-state index contributed by atoms with van der Waals surface area (Å²) in [6.45, 7) is 15.0. The van der Waals surface area contributed by atoms with Crippen molar-refractivity contribution in [1.82, 2.24) is 9.88 Å². The van der Waals surface area contributed by atoms with Gasteiger partial charge >= 0.3 is 0 Å². The molecule has 0 saturated carbocycles. The van der Waals surface area contributed by atoms with Gasteiger partial charge in [0.05, 0.1) is 5.69 Å². The van der Waals surface area contributed by atoms with Crippen molar-refractivity contribution < 1.29 is 5.11 Å². The molecule has 1 saturated heterocycles. The minimum absolute atomic E-state index is 0.210. The van der Waals surface area contributed by atoms with E-state index in [9.17, 15) is 0 Å². The zero-order valence-electron chi connectivity index (χ0n) is 19.8. The molecule has 4 rings (SSSR count). The smallest absolute Gasteiger partial charge is 0.129 e. The molecule has 1 aromatic carbocycles. The third-order valence-corrected chi connectivity index (χ3v) is 7.43. The molecule has 2 aromatic rings. The van der Waals surface area contributed by atoms with Crippen molar-refractivity contribution in [3.63, 3.8) is 0 Å². The lowest BCUT2D eigenvalue weighted by Crippen LogP contribution is -2.33. The van der Waals surface area contributed by atoms with Gasteiger partial charge in [0.15, 0.2) is 0 Å². The van der Waals surface area contributed by atoms with Crippen LogP contribution in [0.5, 0.6) is 0 Å². The number of fused-ring (bicyclic) bond motifs is 1. The van der Waals surface area contributed by atoms with Crippen molar-refractivity contribution >= 4 is 5.82 Å². The SMILES string of the molecule is CC1(C)CCC(C)(C)c2cc(-c3cccc(N4CCCN(CCCO)CC4)n3)ccc21. The van der Waals surface area contributed by atoms with Gasteiger partial charge < -0.3 is 14.9 Å². The van der Waals surface area contributed by atoms with Gasteiger partial charge in [-0.15, -0.1) is 0 Å². The topological polar surface area (TPSA) is 39.6 Å². The Bertz CT molecular complexity index is 905. The van der Waals surface area contributed by atoms with E-state index in [1.165, 1.54) is 29.5 Å². The maximum absolute atomic E-state index is 9.12. The number of aliphatic hydroxyl groups is 1. The van der Waals surface area contributed by atoms with E-state index in [1.807, 2.05) is 0 Å². The van der Waals surface area contributed by atoms with Crippen LogP contribution in [-0.2, 0) is 10.8 Å². The fourth-order valence-electron chi connectivity index (χ4n) is 5.23. The molecule has 2 heterocycles. The maximum Gasteiger partial charge on any atom is 0.129 e. The Morgan fingerprint density at radius 1 is 0.903 bits per heavy atom. The van der Waals surface area contributed by atoms with Crippen LogP contribution in [0.25, 0.3) is 11.3 Å². The van der Waals surface area contributed by atoms with Crippen molar-refractivity contribution in [3.05, 3.63) is 47.5 Å². The Morgan fingerprint density at radius 3 is 2.45 bits per heavy atom. The van der Waals surface area contributed by atoms with Gasteiger partial charge in [0.2, 0.25) is 0 Å². The molecule has 4 heteroatoms. The molecule has 1 aromatic heterocycles. The Hall–Kier alpha value is -1.91. The standard InChI is InChI=1S/C27H39N3O/c1-26(2)12-13-27(3,4)23-20-21(10-11-22(23)26)24-8-5-9-25(28-24)30-16-6-14-29(17-18-30)15-7-19-31/h5,8-11,20,31H,6-7,12-19H2,1-4H3. The molecule has 1 N–H and O–H groups in total. The van der Waals surface area contributed by atoms with Gasteiger partial charge in [-0.3, -0.25) is 0 Å². The lowest BCUT2D eigenvalue weighted by molar-refractivity contribution is 0.232. The van der Waals surface area contributed by atoms with Crippen molar-refractivity contribution in [1.29, 1.82) is 0 Å². The van der Waals surface area contributed by atoms with E-state index in [-0.39, 0.29) is 17.4 Å². The molecule has 0 atom stereocenters. The summed E-state index contributed by atoms with van der Waals surface area (Å²) in [5.74, 6) is 1.08. The number of benzene rings is 1. The fourth-order valence-corrected chi connectivity index (χ4v) is 5.23. The first-order chi connectivity index (χ1) is 14.8. The zero-order valence-corrected chi connectivity index (χ0v) is 19.8. The van der Waals surface area contributed by atoms with E-state index >= 15 is 0 Å². The minimum atomic E-state index is 0.210. The van der Waals surface area contributed by atoms with Crippen molar-refractivity contribution in [3.8, 4) is 11.3 Å². The number of nitrogens with zero attached hydrogens (tertiary/aromatic N) is 3. The number of hydrogen-bond acceptors (Lipinski definition) is 4. The van der Waals surface area contributed by atoms with Gasteiger partial charge in [0.1, 0.15) is 5.82 Å². The van der Waals surface area contributed by atoms with E-state index in [4.69, 9.17) is 10.1 Å². The van der Waals surface area contributed by atoms with E-state index < -0.39 is 0 Å². The lowest BCUT2D eigenvalue weighted by Gasteiger charge is -2.42. The van der Waals surface area contributed by atoms with E-state index in [0.29, 0.717) is 0 Å². The first-order valence-electron chi connectivity index (χ1n) is 12.0. The molecular formula is C27H39N3O. The fraction of sp³-hybridized carbons (Fsp3) is 0.593. The highest BCUT2D eigenvalue weighted by atomic mass is 16.3. The molecule has 1 aliphatic carbocycles. The third-order valence-electron chi connectivity index (χ3n) is 7.43. The second-order valence-corrected chi connectivity index (χ2v) is 10.7. The highest BCUT2D eigenvalue weighted by molar-refractivity contribution is 5.65.